The first-order valence-electron chi connectivity index (χ1n) is 7.07. The van der Waals surface area contributed by atoms with Gasteiger partial charge < -0.3 is 9.64 Å². The van der Waals surface area contributed by atoms with E-state index in [0.29, 0.717) is 0 Å². The van der Waals surface area contributed by atoms with E-state index in [1.165, 1.54) is 45.3 Å². The van der Waals surface area contributed by atoms with Gasteiger partial charge in [0.2, 0.25) is 0 Å². The number of quaternary nitrogens is 1. The van der Waals surface area contributed by atoms with Gasteiger partial charge in [0.05, 0.1) is 30.7 Å². The fraction of sp³-hybridized carbons (Fsp3) is 0.600. The molecule has 0 atom stereocenters. The van der Waals surface area contributed by atoms with E-state index in [0.717, 1.165) is 23.2 Å². The number of rotatable bonds is 7. The van der Waals surface area contributed by atoms with E-state index in [4.69, 9.17) is 4.74 Å². The molecule has 2 rings (SSSR count). The largest absolute Gasteiger partial charge is 0.492 e. The fourth-order valence-electron chi connectivity index (χ4n) is 2.52. The topological polar surface area (TPSA) is 13.7 Å². The Balaban J connectivity index is 1.52. The fourth-order valence-corrected chi connectivity index (χ4v) is 2.92. The van der Waals surface area contributed by atoms with Crippen molar-refractivity contribution >= 4 is 15.9 Å². The number of halogens is 1. The van der Waals surface area contributed by atoms with Crippen LogP contribution in [0.25, 0.3) is 0 Å². The van der Waals surface area contributed by atoms with Crippen LogP contribution in [-0.4, -0.2) is 26.2 Å². The van der Waals surface area contributed by atoms with Crippen LogP contribution in [0.3, 0.4) is 0 Å². The summed E-state index contributed by atoms with van der Waals surface area (Å²) in [6.07, 6.45) is 6.65. The molecule has 0 aromatic heterocycles. The molecule has 0 bridgehead atoms. The number of likely N-dealkylation sites (tertiary alicyclic amines) is 1. The highest BCUT2D eigenvalue weighted by atomic mass is 79.9. The number of ether oxygens (including phenoxy) is 1. The normalized spacial score (nSPS) is 16.1. The molecule has 3 heteroatoms. The molecule has 0 unspecified atom stereocenters. The molecule has 1 aliphatic rings. The summed E-state index contributed by atoms with van der Waals surface area (Å²) in [6, 6.07) is 8.05. The van der Waals surface area contributed by atoms with Gasteiger partial charge in [-0.2, -0.15) is 0 Å². The van der Waals surface area contributed by atoms with Crippen molar-refractivity contribution < 1.29 is 9.64 Å². The Morgan fingerprint density at radius 1 is 1.06 bits per heavy atom. The molecule has 0 amide bonds. The highest BCUT2D eigenvalue weighted by molar-refractivity contribution is 9.10. The van der Waals surface area contributed by atoms with Crippen LogP contribution in [0.4, 0.5) is 0 Å². The first-order chi connectivity index (χ1) is 8.86. The molecule has 0 radical (unpaired) electrons. The smallest absolute Gasteiger partial charge is 0.133 e. The Bertz CT molecular complexity index is 350. The Hall–Kier alpha value is -0.540. The van der Waals surface area contributed by atoms with E-state index in [1.807, 2.05) is 29.2 Å². The van der Waals surface area contributed by atoms with Crippen LogP contribution in [-0.2, 0) is 0 Å². The van der Waals surface area contributed by atoms with Crippen molar-refractivity contribution in [1.29, 1.82) is 0 Å². The van der Waals surface area contributed by atoms with Crippen LogP contribution in [0, 0.1) is 0 Å². The minimum absolute atomic E-state index is 0.831. The lowest BCUT2D eigenvalue weighted by Gasteiger charge is -2.11. The number of unbranched alkanes of at least 4 members (excludes halogenated alkanes) is 2. The Kier molecular flexibility index (Phi) is 6.01. The third kappa shape index (κ3) is 4.62. The molecule has 1 aliphatic heterocycles. The summed E-state index contributed by atoms with van der Waals surface area (Å²) >= 11 is 3.50. The highest BCUT2D eigenvalue weighted by Gasteiger charge is 2.13. The molecule has 1 fully saturated rings. The average molecular weight is 313 g/mol. The van der Waals surface area contributed by atoms with Gasteiger partial charge in [0.25, 0.3) is 0 Å². The minimum Gasteiger partial charge on any atom is -0.492 e. The summed E-state index contributed by atoms with van der Waals surface area (Å²) in [4.78, 5) is 1.81. The molecule has 2 nitrogen and oxygen atoms in total. The van der Waals surface area contributed by atoms with Crippen LogP contribution in [0.5, 0.6) is 5.75 Å². The first-order valence-corrected chi connectivity index (χ1v) is 7.86. The van der Waals surface area contributed by atoms with Crippen LogP contribution < -0.4 is 9.64 Å². The second-order valence-electron chi connectivity index (χ2n) is 5.05. The molecule has 1 aromatic rings. The van der Waals surface area contributed by atoms with Crippen LogP contribution in [0.15, 0.2) is 28.7 Å². The number of nitrogens with one attached hydrogen (secondary N) is 1. The summed E-state index contributed by atoms with van der Waals surface area (Å²) in [5, 5.41) is 0. The van der Waals surface area contributed by atoms with Gasteiger partial charge in [0, 0.05) is 12.8 Å². The molecule has 1 saturated heterocycles. The van der Waals surface area contributed by atoms with Crippen LogP contribution in [0.1, 0.15) is 32.1 Å². The number of hydrogen-bond acceptors (Lipinski definition) is 1. The molecule has 1 N–H and O–H groups in total. The Morgan fingerprint density at radius 2 is 1.83 bits per heavy atom. The number of hydrogen-bond donors (Lipinski definition) is 1. The van der Waals surface area contributed by atoms with Gasteiger partial charge in [-0.3, -0.25) is 0 Å². The van der Waals surface area contributed by atoms with Gasteiger partial charge in [-0.25, -0.2) is 0 Å². The molecule has 0 saturated carbocycles. The molecule has 1 aromatic carbocycles. The molecular weight excluding hydrogens is 290 g/mol. The van der Waals surface area contributed by atoms with E-state index in [2.05, 4.69) is 15.9 Å². The monoisotopic (exact) mass is 312 g/mol. The van der Waals surface area contributed by atoms with Crippen LogP contribution in [0.2, 0.25) is 0 Å². The summed E-state index contributed by atoms with van der Waals surface area (Å²) in [6.45, 7) is 4.98. The lowest BCUT2D eigenvalue weighted by Crippen LogP contribution is -3.09. The second-order valence-corrected chi connectivity index (χ2v) is 5.90. The van der Waals surface area contributed by atoms with Gasteiger partial charge >= 0.3 is 0 Å². The third-order valence-corrected chi connectivity index (χ3v) is 4.23. The summed E-state index contributed by atoms with van der Waals surface area (Å²) in [7, 11) is 0. The van der Waals surface area contributed by atoms with E-state index < -0.39 is 0 Å². The molecule has 0 aliphatic carbocycles. The van der Waals surface area contributed by atoms with E-state index in [9.17, 15) is 0 Å². The van der Waals surface area contributed by atoms with Crippen molar-refractivity contribution in [2.45, 2.75) is 32.1 Å². The van der Waals surface area contributed by atoms with Crippen molar-refractivity contribution in [3.8, 4) is 5.75 Å². The molecule has 18 heavy (non-hydrogen) atoms. The Morgan fingerprint density at radius 3 is 2.61 bits per heavy atom. The molecule has 0 spiro atoms. The van der Waals surface area contributed by atoms with E-state index in [1.54, 1.807) is 0 Å². The van der Waals surface area contributed by atoms with Gasteiger partial charge in [-0.1, -0.05) is 12.1 Å². The maximum atomic E-state index is 5.76. The van der Waals surface area contributed by atoms with Crippen molar-refractivity contribution in [3.05, 3.63) is 28.7 Å². The summed E-state index contributed by atoms with van der Waals surface area (Å²) in [5.74, 6) is 0.961. The highest BCUT2D eigenvalue weighted by Crippen LogP contribution is 2.23. The number of benzene rings is 1. The zero-order valence-electron chi connectivity index (χ0n) is 11.0. The van der Waals surface area contributed by atoms with Crippen molar-refractivity contribution in [2.75, 3.05) is 26.2 Å². The maximum absolute atomic E-state index is 5.76. The number of para-hydroxylation sites is 1. The SMILES string of the molecule is Brc1ccccc1OCCCCC[NH+]1CCCC1. The van der Waals surface area contributed by atoms with Crippen LogP contribution >= 0.6 is 15.9 Å². The lowest BCUT2D eigenvalue weighted by atomic mass is 10.2. The van der Waals surface area contributed by atoms with E-state index >= 15 is 0 Å². The summed E-state index contributed by atoms with van der Waals surface area (Å²) < 4.78 is 6.80. The molecule has 100 valence electrons. The lowest BCUT2D eigenvalue weighted by molar-refractivity contribution is -0.887. The predicted molar refractivity (Wildman–Crippen MR) is 78.3 cm³/mol. The van der Waals surface area contributed by atoms with Gasteiger partial charge in [-0.15, -0.1) is 0 Å². The Labute approximate surface area is 118 Å². The average Bonchev–Trinajstić information content (AvgIpc) is 2.89. The zero-order valence-corrected chi connectivity index (χ0v) is 12.5. The quantitative estimate of drug-likeness (QED) is 0.764. The zero-order chi connectivity index (χ0) is 12.6. The predicted octanol–water partition coefficient (Wildman–Crippen LogP) is 2.68. The van der Waals surface area contributed by atoms with Gasteiger partial charge in [0.15, 0.2) is 0 Å². The first kappa shape index (κ1) is 13.9. The minimum atomic E-state index is 0.831. The van der Waals surface area contributed by atoms with Gasteiger partial charge in [0.1, 0.15) is 5.75 Å². The van der Waals surface area contributed by atoms with Crippen molar-refractivity contribution in [3.63, 3.8) is 0 Å². The molecular formula is C15H23BrNO+. The van der Waals surface area contributed by atoms with E-state index in [-0.39, 0.29) is 0 Å². The standard InChI is InChI=1S/C15H22BrNO/c16-14-8-2-3-9-15(14)18-13-7-1-4-10-17-11-5-6-12-17/h2-3,8-9H,1,4-7,10-13H2/p+1. The second kappa shape index (κ2) is 7.80. The maximum Gasteiger partial charge on any atom is 0.133 e. The van der Waals surface area contributed by atoms with Gasteiger partial charge in [-0.05, 0) is 47.3 Å². The van der Waals surface area contributed by atoms with Crippen molar-refractivity contribution in [1.82, 2.24) is 0 Å². The molecule has 1 heterocycles. The van der Waals surface area contributed by atoms with Crippen molar-refractivity contribution in [2.24, 2.45) is 0 Å². The third-order valence-electron chi connectivity index (χ3n) is 3.58. The summed E-state index contributed by atoms with van der Waals surface area (Å²) in [5.41, 5.74) is 0.